The normalized spacial score (nSPS) is 16.0. The number of sulfone groups is 1. The molecule has 202 valence electrons. The summed E-state index contributed by atoms with van der Waals surface area (Å²) in [5.41, 5.74) is 2.76. The van der Waals surface area contributed by atoms with Crippen LogP contribution in [0.1, 0.15) is 29.7 Å². The molecule has 11 nitrogen and oxygen atoms in total. The molecule has 0 aromatic heterocycles. The molecule has 2 aromatic rings. The second-order valence-electron chi connectivity index (χ2n) is 8.31. The van der Waals surface area contributed by atoms with Crippen LogP contribution in [0.2, 0.25) is 0 Å². The van der Waals surface area contributed by atoms with E-state index in [2.05, 4.69) is 5.32 Å². The van der Waals surface area contributed by atoms with Gasteiger partial charge >= 0.3 is 18.2 Å². The number of hydrogen-bond acceptors (Lipinski definition) is 7. The summed E-state index contributed by atoms with van der Waals surface area (Å²) in [6.07, 6.45) is -3.97. The minimum Gasteiger partial charge on any atom is -0.368 e. The van der Waals surface area contributed by atoms with E-state index in [0.29, 0.717) is 15.9 Å². The standard InChI is InChI=1S/C24H19F3N6O5S/c1-13-18(11-29)21(17-7-6-14(10-28)8-19(17)39(2,37)38)33(22(35)31-12-20(30)34)23(36)32(13)16-5-3-4-15(9-16)24(25,26)27/h3-9,21H,12H2,1-2H3,(H2,30,34)(H,31,35)/t21-/m1/s1. The van der Waals surface area contributed by atoms with Crippen molar-refractivity contribution in [2.24, 2.45) is 5.73 Å². The van der Waals surface area contributed by atoms with E-state index in [4.69, 9.17) is 5.73 Å². The Bertz CT molecular complexity index is 1610. The van der Waals surface area contributed by atoms with Crippen molar-refractivity contribution in [3.63, 3.8) is 0 Å². The maximum absolute atomic E-state index is 13.8. The van der Waals surface area contributed by atoms with Crippen LogP contribution in [0.15, 0.2) is 58.6 Å². The van der Waals surface area contributed by atoms with Gasteiger partial charge in [0.15, 0.2) is 9.84 Å². The molecule has 0 radical (unpaired) electrons. The van der Waals surface area contributed by atoms with Crippen LogP contribution in [-0.2, 0) is 20.8 Å². The number of allylic oxidation sites excluding steroid dienone is 1. The SMILES string of the molecule is CC1=C(C#N)[C@@H](c2ccc(C#N)cc2S(C)(=O)=O)N(C(=O)NCC(N)=O)C(=O)N1c1cccc(C(F)(F)F)c1. The molecule has 5 amide bonds. The van der Waals surface area contributed by atoms with Gasteiger partial charge in [0, 0.05) is 12.0 Å². The number of anilines is 1. The zero-order chi connectivity index (χ0) is 29.3. The van der Waals surface area contributed by atoms with E-state index in [1.807, 2.05) is 6.07 Å². The van der Waals surface area contributed by atoms with Crippen LogP contribution in [0.4, 0.5) is 28.4 Å². The van der Waals surface area contributed by atoms with Crippen molar-refractivity contribution in [1.82, 2.24) is 10.2 Å². The average molecular weight is 561 g/mol. The molecule has 0 unspecified atom stereocenters. The summed E-state index contributed by atoms with van der Waals surface area (Å²) in [6, 6.07) is 6.27. The van der Waals surface area contributed by atoms with Crippen LogP contribution in [0, 0.1) is 22.7 Å². The van der Waals surface area contributed by atoms with E-state index >= 15 is 0 Å². The molecule has 0 aliphatic carbocycles. The summed E-state index contributed by atoms with van der Waals surface area (Å²) in [5.74, 6) is -0.999. The first-order chi connectivity index (χ1) is 18.1. The van der Waals surface area contributed by atoms with Gasteiger partial charge in [0.05, 0.1) is 46.0 Å². The lowest BCUT2D eigenvalue weighted by molar-refractivity contribution is -0.137. The van der Waals surface area contributed by atoms with Gasteiger partial charge in [-0.15, -0.1) is 0 Å². The summed E-state index contributed by atoms with van der Waals surface area (Å²) in [7, 11) is -4.11. The van der Waals surface area contributed by atoms with Crippen molar-refractivity contribution in [3.05, 3.63) is 70.4 Å². The molecule has 0 saturated heterocycles. The number of carbonyl (C=O) groups excluding carboxylic acids is 3. The third kappa shape index (κ3) is 5.68. The van der Waals surface area contributed by atoms with Crippen molar-refractivity contribution < 1.29 is 36.0 Å². The molecule has 0 spiro atoms. The lowest BCUT2D eigenvalue weighted by Crippen LogP contribution is -2.56. The van der Waals surface area contributed by atoms with Gasteiger partial charge in [-0.25, -0.2) is 22.9 Å². The topological polar surface area (TPSA) is 177 Å². The highest BCUT2D eigenvalue weighted by Crippen LogP contribution is 2.42. The molecule has 39 heavy (non-hydrogen) atoms. The maximum Gasteiger partial charge on any atom is 0.416 e. The molecule has 3 N–H and O–H groups in total. The van der Waals surface area contributed by atoms with E-state index in [0.717, 1.165) is 36.6 Å². The van der Waals surface area contributed by atoms with E-state index in [-0.39, 0.29) is 28.1 Å². The van der Waals surface area contributed by atoms with Gasteiger partial charge in [-0.1, -0.05) is 12.1 Å². The lowest BCUT2D eigenvalue weighted by Gasteiger charge is -2.41. The van der Waals surface area contributed by atoms with Gasteiger partial charge < -0.3 is 11.1 Å². The molecule has 0 saturated carbocycles. The molecule has 2 aromatic carbocycles. The number of carbonyl (C=O) groups is 3. The smallest absolute Gasteiger partial charge is 0.368 e. The number of benzene rings is 2. The van der Waals surface area contributed by atoms with Crippen LogP contribution < -0.4 is 16.0 Å². The molecular weight excluding hydrogens is 541 g/mol. The number of urea groups is 2. The maximum atomic E-state index is 13.8. The van der Waals surface area contributed by atoms with E-state index in [1.54, 1.807) is 6.07 Å². The fourth-order valence-electron chi connectivity index (χ4n) is 3.97. The van der Waals surface area contributed by atoms with Gasteiger partial charge in [-0.05, 0) is 42.8 Å². The number of nitrogens with one attached hydrogen (secondary N) is 1. The number of amides is 5. The predicted octanol–water partition coefficient (Wildman–Crippen LogP) is 2.96. The number of nitriles is 2. The summed E-state index contributed by atoms with van der Waals surface area (Å²) in [4.78, 5) is 38.9. The van der Waals surface area contributed by atoms with Crippen LogP contribution in [0.3, 0.4) is 0 Å². The molecule has 1 aliphatic heterocycles. The number of primary amides is 1. The molecule has 1 aliphatic rings. The molecule has 0 fully saturated rings. The number of rotatable bonds is 5. The Hall–Kier alpha value is -4.89. The summed E-state index contributed by atoms with van der Waals surface area (Å²) in [5, 5.41) is 21.4. The van der Waals surface area contributed by atoms with Gasteiger partial charge in [0.2, 0.25) is 5.91 Å². The van der Waals surface area contributed by atoms with Crippen LogP contribution in [0.25, 0.3) is 0 Å². The zero-order valence-corrected chi connectivity index (χ0v) is 21.1. The molecule has 0 bridgehead atoms. The number of hydrogen-bond donors (Lipinski definition) is 2. The number of imide groups is 1. The Morgan fingerprint density at radius 2 is 1.79 bits per heavy atom. The quantitative estimate of drug-likeness (QED) is 0.564. The minimum atomic E-state index is -4.78. The second kappa shape index (κ2) is 10.5. The third-order valence-corrected chi connectivity index (χ3v) is 6.83. The van der Waals surface area contributed by atoms with Gasteiger partial charge in [0.1, 0.15) is 6.04 Å². The monoisotopic (exact) mass is 560 g/mol. The Morgan fingerprint density at radius 3 is 2.33 bits per heavy atom. The Kier molecular flexibility index (Phi) is 7.70. The zero-order valence-electron chi connectivity index (χ0n) is 20.3. The highest BCUT2D eigenvalue weighted by Gasteiger charge is 2.45. The lowest BCUT2D eigenvalue weighted by atomic mass is 9.93. The Balaban J connectivity index is 2.36. The van der Waals surface area contributed by atoms with Gasteiger partial charge in [-0.2, -0.15) is 23.7 Å². The first-order valence-corrected chi connectivity index (χ1v) is 12.7. The number of halogens is 3. The van der Waals surface area contributed by atoms with Crippen molar-refractivity contribution in [1.29, 1.82) is 10.5 Å². The molecule has 1 heterocycles. The molecular formula is C24H19F3N6O5S. The van der Waals surface area contributed by atoms with E-state index in [1.165, 1.54) is 13.0 Å². The Labute approximate surface area is 220 Å². The van der Waals surface area contributed by atoms with Gasteiger partial charge in [-0.3, -0.25) is 9.69 Å². The molecule has 1 atom stereocenters. The second-order valence-corrected chi connectivity index (χ2v) is 10.3. The van der Waals surface area contributed by atoms with Crippen molar-refractivity contribution in [3.8, 4) is 12.1 Å². The number of nitrogens with zero attached hydrogens (tertiary/aromatic N) is 4. The van der Waals surface area contributed by atoms with Crippen molar-refractivity contribution >= 4 is 33.5 Å². The largest absolute Gasteiger partial charge is 0.416 e. The van der Waals surface area contributed by atoms with Crippen LogP contribution >= 0.6 is 0 Å². The van der Waals surface area contributed by atoms with Crippen LogP contribution in [0.5, 0.6) is 0 Å². The predicted molar refractivity (Wildman–Crippen MR) is 129 cm³/mol. The molecule has 3 rings (SSSR count). The first kappa shape index (κ1) is 28.7. The van der Waals surface area contributed by atoms with Crippen molar-refractivity contribution in [2.45, 2.75) is 24.0 Å². The third-order valence-electron chi connectivity index (χ3n) is 5.68. The summed E-state index contributed by atoms with van der Waals surface area (Å²) < 4.78 is 65.4. The Morgan fingerprint density at radius 1 is 1.13 bits per heavy atom. The van der Waals surface area contributed by atoms with Gasteiger partial charge in [0.25, 0.3) is 0 Å². The minimum absolute atomic E-state index is 0.0733. The fourth-order valence-corrected chi connectivity index (χ4v) is 4.92. The fraction of sp³-hybridized carbons (Fsp3) is 0.208. The highest BCUT2D eigenvalue weighted by molar-refractivity contribution is 7.90. The first-order valence-electron chi connectivity index (χ1n) is 10.8. The van der Waals surface area contributed by atoms with Crippen molar-refractivity contribution in [2.75, 3.05) is 17.7 Å². The van der Waals surface area contributed by atoms with E-state index in [9.17, 15) is 46.5 Å². The average Bonchev–Trinajstić information content (AvgIpc) is 2.85. The number of alkyl halides is 3. The summed E-state index contributed by atoms with van der Waals surface area (Å²) >= 11 is 0. The van der Waals surface area contributed by atoms with E-state index < -0.39 is 57.0 Å². The van der Waals surface area contributed by atoms with Crippen LogP contribution in [-0.4, -0.2) is 44.1 Å². The summed E-state index contributed by atoms with van der Waals surface area (Å²) in [6.45, 7) is 0.488. The highest BCUT2D eigenvalue weighted by atomic mass is 32.2. The molecule has 15 heteroatoms. The number of nitrogens with two attached hydrogens (primary N) is 1.